The second kappa shape index (κ2) is 8.45. The van der Waals surface area contributed by atoms with Gasteiger partial charge in [-0.15, -0.1) is 0 Å². The molecule has 2 aliphatic heterocycles. The van der Waals surface area contributed by atoms with Crippen molar-refractivity contribution in [2.75, 3.05) is 25.7 Å². The summed E-state index contributed by atoms with van der Waals surface area (Å²) in [7, 11) is 0.00744. The molecule has 0 spiro atoms. The highest BCUT2D eigenvalue weighted by molar-refractivity contribution is 7.84. The molecule has 0 aromatic carbocycles. The molecular weight excluding hydrogens is 348 g/mol. The van der Waals surface area contributed by atoms with E-state index in [1.165, 1.54) is 13.4 Å². The van der Waals surface area contributed by atoms with Crippen LogP contribution < -0.4 is 0 Å². The van der Waals surface area contributed by atoms with Gasteiger partial charge < -0.3 is 44.5 Å². The summed E-state index contributed by atoms with van der Waals surface area (Å²) in [6.07, 6.45) is -9.90. The zero-order valence-electron chi connectivity index (χ0n) is 13.3. The molecule has 0 bridgehead atoms. The van der Waals surface area contributed by atoms with E-state index in [9.17, 15) is 29.7 Å². The predicted octanol–water partition coefficient (Wildman–Crippen LogP) is -3.72. The molecule has 2 saturated heterocycles. The van der Waals surface area contributed by atoms with Crippen molar-refractivity contribution < 1.29 is 48.7 Å². The van der Waals surface area contributed by atoms with Crippen molar-refractivity contribution in [3.8, 4) is 0 Å². The molecule has 0 aromatic rings. The van der Waals surface area contributed by atoms with Crippen LogP contribution in [-0.4, -0.2) is 111 Å². The van der Waals surface area contributed by atoms with Gasteiger partial charge in [0.15, 0.2) is 12.6 Å². The molecule has 11 heteroatoms. The molecule has 2 rings (SSSR count). The third-order valence-electron chi connectivity index (χ3n) is 4.06. The zero-order chi connectivity index (χ0) is 18.0. The monoisotopic (exact) mass is 372 g/mol. The van der Waals surface area contributed by atoms with E-state index in [1.54, 1.807) is 0 Å². The lowest BCUT2D eigenvalue weighted by Gasteiger charge is -2.42. The smallest absolute Gasteiger partial charge is 0.187 e. The summed E-state index contributed by atoms with van der Waals surface area (Å²) in [5.74, 6) is -0.000388. The van der Waals surface area contributed by atoms with Crippen molar-refractivity contribution in [3.63, 3.8) is 0 Å². The Labute approximate surface area is 141 Å². The minimum atomic E-state index is -1.48. The summed E-state index contributed by atoms with van der Waals surface area (Å²) < 4.78 is 32.2. The van der Waals surface area contributed by atoms with E-state index in [2.05, 4.69) is 0 Å². The van der Waals surface area contributed by atoms with E-state index in [0.29, 0.717) is 0 Å². The van der Waals surface area contributed by atoms with Gasteiger partial charge in [-0.2, -0.15) is 0 Å². The quantitative estimate of drug-likeness (QED) is 0.314. The van der Waals surface area contributed by atoms with Gasteiger partial charge >= 0.3 is 0 Å². The fraction of sp³-hybridized carbons (Fsp3) is 1.00. The van der Waals surface area contributed by atoms with E-state index < -0.39 is 72.7 Å². The molecule has 10 nitrogen and oxygen atoms in total. The van der Waals surface area contributed by atoms with Crippen LogP contribution >= 0.6 is 0 Å². The molecule has 2 heterocycles. The first-order valence-corrected chi connectivity index (χ1v) is 9.15. The third-order valence-corrected chi connectivity index (χ3v) is 4.86. The van der Waals surface area contributed by atoms with Gasteiger partial charge in [0.05, 0.1) is 12.4 Å². The fourth-order valence-corrected chi connectivity index (χ4v) is 3.50. The molecule has 0 saturated carbocycles. The van der Waals surface area contributed by atoms with Crippen LogP contribution in [0.3, 0.4) is 0 Å². The van der Waals surface area contributed by atoms with Crippen LogP contribution in [0.25, 0.3) is 0 Å². The highest BCUT2D eigenvalue weighted by Gasteiger charge is 2.50. The highest BCUT2D eigenvalue weighted by atomic mass is 32.2. The Kier molecular flexibility index (Phi) is 7.08. The van der Waals surface area contributed by atoms with Gasteiger partial charge in [0.25, 0.3) is 0 Å². The first-order valence-electron chi connectivity index (χ1n) is 7.42. The first kappa shape index (κ1) is 20.1. The van der Waals surface area contributed by atoms with Gasteiger partial charge in [0.1, 0.15) is 42.7 Å². The van der Waals surface area contributed by atoms with Crippen molar-refractivity contribution in [2.45, 2.75) is 55.3 Å². The molecule has 0 aliphatic carbocycles. The Bertz CT molecular complexity index is 435. The van der Waals surface area contributed by atoms with Crippen LogP contribution in [0.15, 0.2) is 0 Å². The third kappa shape index (κ3) is 4.12. The topological polar surface area (TPSA) is 155 Å². The molecule has 5 N–H and O–H groups in total. The van der Waals surface area contributed by atoms with Gasteiger partial charge in [-0.25, -0.2) is 0 Å². The Hall–Kier alpha value is -0.210. The van der Waals surface area contributed by atoms with Gasteiger partial charge in [-0.1, -0.05) is 0 Å². The van der Waals surface area contributed by atoms with Crippen molar-refractivity contribution in [3.05, 3.63) is 0 Å². The summed E-state index contributed by atoms with van der Waals surface area (Å²) in [5, 5.41) is 49.4. The summed E-state index contributed by atoms with van der Waals surface area (Å²) in [5.41, 5.74) is 0. The van der Waals surface area contributed by atoms with Crippen LogP contribution in [0.1, 0.15) is 0 Å². The minimum absolute atomic E-state index is 0.000388. The first-order chi connectivity index (χ1) is 11.3. The summed E-state index contributed by atoms with van der Waals surface area (Å²) in [4.78, 5) is 0. The van der Waals surface area contributed by atoms with Crippen LogP contribution in [0.2, 0.25) is 0 Å². The molecule has 142 valence electrons. The fourth-order valence-electron chi connectivity index (χ4n) is 2.77. The zero-order valence-corrected chi connectivity index (χ0v) is 14.1. The lowest BCUT2D eigenvalue weighted by molar-refractivity contribution is -0.325. The van der Waals surface area contributed by atoms with E-state index in [0.717, 1.165) is 0 Å². The average Bonchev–Trinajstić information content (AvgIpc) is 2.79. The largest absolute Gasteiger partial charge is 0.394 e. The summed E-state index contributed by atoms with van der Waals surface area (Å²) in [6, 6.07) is 0. The van der Waals surface area contributed by atoms with E-state index in [-0.39, 0.29) is 5.75 Å². The SMILES string of the molecule is CO[C@H]1O[C@H](CO)[C@@H](O[C@H]2O[C@H](CS(C)=O)[C@H](O)[C@H]2O)[C@H](O)[C@@H]1O. The maximum atomic E-state index is 11.3. The van der Waals surface area contributed by atoms with E-state index in [1.807, 2.05) is 0 Å². The highest BCUT2D eigenvalue weighted by Crippen LogP contribution is 2.29. The number of aliphatic hydroxyl groups is 5. The van der Waals surface area contributed by atoms with E-state index >= 15 is 0 Å². The normalized spacial score (nSPS) is 47.7. The molecular formula is C13H24O10S. The standard InChI is InChI=1S/C13H24O10S/c1-20-12-10(18)8(16)11(5(3-14)21-12)23-13-9(17)7(15)6(22-13)4-24(2)19/h5-18H,3-4H2,1-2H3/t5-,6-,7+,8-,9-,10+,11-,12+,13-,24?/m1/s1. The van der Waals surface area contributed by atoms with Crippen molar-refractivity contribution in [1.82, 2.24) is 0 Å². The van der Waals surface area contributed by atoms with Crippen molar-refractivity contribution in [2.24, 2.45) is 0 Å². The van der Waals surface area contributed by atoms with Crippen molar-refractivity contribution >= 4 is 10.8 Å². The second-order valence-corrected chi connectivity index (χ2v) is 7.29. The molecule has 0 radical (unpaired) electrons. The number of hydrogen-bond donors (Lipinski definition) is 5. The lowest BCUT2D eigenvalue weighted by Crippen LogP contribution is -2.61. The molecule has 2 fully saturated rings. The van der Waals surface area contributed by atoms with Crippen molar-refractivity contribution in [1.29, 1.82) is 0 Å². The predicted molar refractivity (Wildman–Crippen MR) is 79.3 cm³/mol. The maximum Gasteiger partial charge on any atom is 0.187 e. The Morgan fingerprint density at radius 3 is 2.08 bits per heavy atom. The average molecular weight is 372 g/mol. The molecule has 24 heavy (non-hydrogen) atoms. The molecule has 0 amide bonds. The van der Waals surface area contributed by atoms with Crippen LogP contribution in [0.4, 0.5) is 0 Å². The van der Waals surface area contributed by atoms with Gasteiger partial charge in [-0.05, 0) is 0 Å². The number of hydrogen-bond acceptors (Lipinski definition) is 10. The number of rotatable bonds is 6. The Balaban J connectivity index is 2.06. The van der Waals surface area contributed by atoms with Crippen LogP contribution in [-0.2, 0) is 29.7 Å². The van der Waals surface area contributed by atoms with Gasteiger partial charge in [-0.3, -0.25) is 4.21 Å². The summed E-state index contributed by atoms with van der Waals surface area (Å²) in [6.45, 7) is -0.540. The minimum Gasteiger partial charge on any atom is -0.394 e. The molecule has 10 atom stereocenters. The number of methoxy groups -OCH3 is 1. The molecule has 0 aromatic heterocycles. The van der Waals surface area contributed by atoms with Gasteiger partial charge in [0, 0.05) is 24.2 Å². The lowest BCUT2D eigenvalue weighted by atomic mass is 9.99. The second-order valence-electron chi connectivity index (χ2n) is 5.81. The Morgan fingerprint density at radius 2 is 1.54 bits per heavy atom. The van der Waals surface area contributed by atoms with Gasteiger partial charge in [0.2, 0.25) is 0 Å². The van der Waals surface area contributed by atoms with E-state index in [4.69, 9.17) is 18.9 Å². The molecule has 1 unspecified atom stereocenters. The Morgan fingerprint density at radius 1 is 0.958 bits per heavy atom. The van der Waals surface area contributed by atoms with Crippen LogP contribution in [0.5, 0.6) is 0 Å². The molecule has 2 aliphatic rings. The number of ether oxygens (including phenoxy) is 4. The summed E-state index contributed by atoms with van der Waals surface area (Å²) >= 11 is 0. The van der Waals surface area contributed by atoms with Crippen LogP contribution in [0, 0.1) is 0 Å². The maximum absolute atomic E-state index is 11.3. The number of aliphatic hydroxyl groups excluding tert-OH is 5.